The Morgan fingerprint density at radius 3 is 2.44 bits per heavy atom. The van der Waals surface area contributed by atoms with Gasteiger partial charge in [-0.05, 0) is 37.1 Å². The van der Waals surface area contributed by atoms with Gasteiger partial charge in [0.2, 0.25) is 10.0 Å². The van der Waals surface area contributed by atoms with Crippen LogP contribution in [0.1, 0.15) is 17.7 Å². The van der Waals surface area contributed by atoms with Gasteiger partial charge in [-0.25, -0.2) is 8.42 Å². The van der Waals surface area contributed by atoms with Crippen LogP contribution in [0, 0.1) is 6.92 Å². The summed E-state index contributed by atoms with van der Waals surface area (Å²) in [5, 5.41) is 1.20. The molecule has 1 aliphatic rings. The van der Waals surface area contributed by atoms with Crippen LogP contribution < -0.4 is 0 Å². The van der Waals surface area contributed by atoms with Gasteiger partial charge in [0, 0.05) is 35.2 Å². The number of para-hydroxylation sites is 1. The van der Waals surface area contributed by atoms with Gasteiger partial charge in [0.15, 0.2) is 0 Å². The Bertz CT molecular complexity index is 1050. The van der Waals surface area contributed by atoms with Crippen LogP contribution in [0.4, 0.5) is 0 Å². The van der Waals surface area contributed by atoms with Crippen molar-refractivity contribution < 1.29 is 8.42 Å². The first kappa shape index (κ1) is 16.1. The number of nitrogens with zero attached hydrogens (tertiary/aromatic N) is 1. The van der Waals surface area contributed by atoms with E-state index in [-0.39, 0.29) is 0 Å². The van der Waals surface area contributed by atoms with Crippen LogP contribution in [-0.2, 0) is 10.0 Å². The minimum Gasteiger partial charge on any atom is -0.358 e. The van der Waals surface area contributed by atoms with Crippen LogP contribution in [0.3, 0.4) is 0 Å². The molecule has 25 heavy (non-hydrogen) atoms. The number of H-pyrrole nitrogens is 1. The highest BCUT2D eigenvalue weighted by atomic mass is 32.2. The molecular formula is C20H20N2O2S. The third kappa shape index (κ3) is 2.79. The van der Waals surface area contributed by atoms with Crippen molar-refractivity contribution in [1.82, 2.24) is 9.29 Å². The van der Waals surface area contributed by atoms with Crippen molar-refractivity contribution in [1.29, 1.82) is 0 Å². The highest BCUT2D eigenvalue weighted by molar-refractivity contribution is 7.89. The smallest absolute Gasteiger partial charge is 0.243 e. The number of aromatic nitrogens is 1. The van der Waals surface area contributed by atoms with Crippen molar-refractivity contribution >= 4 is 26.5 Å². The average molecular weight is 352 g/mol. The highest BCUT2D eigenvalue weighted by Gasteiger charge is 2.27. The van der Waals surface area contributed by atoms with E-state index in [9.17, 15) is 8.42 Å². The van der Waals surface area contributed by atoms with E-state index >= 15 is 0 Å². The molecule has 1 aromatic heterocycles. The van der Waals surface area contributed by atoms with Crippen molar-refractivity contribution in [3.8, 4) is 0 Å². The highest BCUT2D eigenvalue weighted by Crippen LogP contribution is 2.33. The minimum absolute atomic E-state index is 0.357. The number of aryl methyl sites for hydroxylation is 1. The van der Waals surface area contributed by atoms with Gasteiger partial charge in [-0.15, -0.1) is 0 Å². The average Bonchev–Trinajstić information content (AvgIpc) is 2.98. The maximum Gasteiger partial charge on any atom is 0.243 e. The summed E-state index contributed by atoms with van der Waals surface area (Å²) in [7, 11) is -3.43. The summed E-state index contributed by atoms with van der Waals surface area (Å²) in [6, 6.07) is 16.9. The molecule has 4 rings (SSSR count). The summed E-state index contributed by atoms with van der Waals surface area (Å²) in [5.41, 5.74) is 4.68. The van der Waals surface area contributed by atoms with Gasteiger partial charge >= 0.3 is 0 Å². The normalized spacial score (nSPS) is 16.1. The largest absolute Gasteiger partial charge is 0.358 e. The Hall–Kier alpha value is -2.37. The molecular weight excluding hydrogens is 332 g/mol. The molecule has 0 saturated heterocycles. The number of rotatable bonds is 3. The molecule has 1 aliphatic heterocycles. The molecule has 0 bridgehead atoms. The van der Waals surface area contributed by atoms with Crippen LogP contribution in [0.25, 0.3) is 16.5 Å². The van der Waals surface area contributed by atoms with Crippen molar-refractivity contribution in [2.24, 2.45) is 0 Å². The quantitative estimate of drug-likeness (QED) is 0.776. The van der Waals surface area contributed by atoms with Gasteiger partial charge in [-0.1, -0.05) is 42.5 Å². The number of fused-ring (bicyclic) bond motifs is 1. The molecule has 0 aliphatic carbocycles. The standard InChI is InChI=1S/C20H20N2O2S/c1-15-20(18-9-5-6-10-19(18)21-15)16-11-13-22(14-12-16)25(23,24)17-7-3-2-4-8-17/h2-11,21H,12-14H2,1H3. The second-order valence-corrected chi connectivity index (χ2v) is 8.26. The van der Waals surface area contributed by atoms with Crippen LogP contribution in [0.2, 0.25) is 0 Å². The molecule has 0 amide bonds. The second-order valence-electron chi connectivity index (χ2n) is 6.33. The summed E-state index contributed by atoms with van der Waals surface area (Å²) in [6.45, 7) is 2.98. The summed E-state index contributed by atoms with van der Waals surface area (Å²) < 4.78 is 27.1. The molecule has 5 heteroatoms. The lowest BCUT2D eigenvalue weighted by Crippen LogP contribution is -2.34. The Morgan fingerprint density at radius 1 is 1.00 bits per heavy atom. The summed E-state index contributed by atoms with van der Waals surface area (Å²) in [5.74, 6) is 0. The maximum atomic E-state index is 12.8. The Kier molecular flexibility index (Phi) is 3.98. The molecule has 0 saturated carbocycles. The van der Waals surface area contributed by atoms with E-state index in [2.05, 4.69) is 24.0 Å². The predicted octanol–water partition coefficient (Wildman–Crippen LogP) is 3.95. The Morgan fingerprint density at radius 2 is 1.72 bits per heavy atom. The van der Waals surface area contributed by atoms with Crippen molar-refractivity contribution in [3.05, 3.63) is 71.9 Å². The molecule has 2 heterocycles. The fourth-order valence-electron chi connectivity index (χ4n) is 3.53. The summed E-state index contributed by atoms with van der Waals surface area (Å²) in [6.07, 6.45) is 2.77. The van der Waals surface area contributed by atoms with Gasteiger partial charge in [-0.3, -0.25) is 0 Å². The number of benzene rings is 2. The molecule has 0 spiro atoms. The molecule has 2 aromatic carbocycles. The molecule has 0 radical (unpaired) electrons. The van der Waals surface area contributed by atoms with Gasteiger partial charge in [0.25, 0.3) is 0 Å². The third-order valence-corrected chi connectivity index (χ3v) is 6.65. The zero-order chi connectivity index (χ0) is 17.4. The number of hydrogen-bond donors (Lipinski definition) is 1. The van der Waals surface area contributed by atoms with Crippen LogP contribution >= 0.6 is 0 Å². The van der Waals surface area contributed by atoms with Gasteiger partial charge in [0.1, 0.15) is 0 Å². The summed E-state index contributed by atoms with van der Waals surface area (Å²) in [4.78, 5) is 3.78. The third-order valence-electron chi connectivity index (χ3n) is 4.77. The fraction of sp³-hybridized carbons (Fsp3) is 0.200. The maximum absolute atomic E-state index is 12.8. The first-order chi connectivity index (χ1) is 12.1. The van der Waals surface area contributed by atoms with E-state index in [4.69, 9.17) is 0 Å². The first-order valence-corrected chi connectivity index (χ1v) is 9.83. The molecule has 3 aromatic rings. The van der Waals surface area contributed by atoms with E-state index < -0.39 is 10.0 Å². The Balaban J connectivity index is 1.66. The Labute approximate surface area is 147 Å². The molecule has 1 N–H and O–H groups in total. The molecule has 128 valence electrons. The van der Waals surface area contributed by atoms with Gasteiger partial charge < -0.3 is 4.98 Å². The lowest BCUT2D eigenvalue weighted by atomic mass is 9.97. The van der Waals surface area contributed by atoms with Crippen LogP contribution in [-0.4, -0.2) is 30.8 Å². The lowest BCUT2D eigenvalue weighted by Gasteiger charge is -2.26. The second kappa shape index (κ2) is 6.17. The van der Waals surface area contributed by atoms with E-state index in [1.165, 1.54) is 16.5 Å². The van der Waals surface area contributed by atoms with E-state index in [0.717, 1.165) is 17.6 Å². The van der Waals surface area contributed by atoms with E-state index in [1.54, 1.807) is 28.6 Å². The fourth-order valence-corrected chi connectivity index (χ4v) is 4.93. The first-order valence-electron chi connectivity index (χ1n) is 8.39. The number of sulfonamides is 1. The van der Waals surface area contributed by atoms with Gasteiger partial charge in [0.05, 0.1) is 4.90 Å². The topological polar surface area (TPSA) is 53.2 Å². The number of nitrogens with one attached hydrogen (secondary N) is 1. The zero-order valence-corrected chi connectivity index (χ0v) is 14.9. The van der Waals surface area contributed by atoms with Crippen LogP contribution in [0.5, 0.6) is 0 Å². The van der Waals surface area contributed by atoms with Crippen molar-refractivity contribution in [3.63, 3.8) is 0 Å². The molecule has 0 fully saturated rings. The number of aromatic amines is 1. The predicted molar refractivity (Wildman–Crippen MR) is 101 cm³/mol. The molecule has 4 nitrogen and oxygen atoms in total. The van der Waals surface area contributed by atoms with Crippen molar-refractivity contribution in [2.45, 2.75) is 18.2 Å². The lowest BCUT2D eigenvalue weighted by molar-refractivity contribution is 0.441. The SMILES string of the molecule is Cc1[nH]c2ccccc2c1C1=CCN(S(=O)(=O)c2ccccc2)CC1. The van der Waals surface area contributed by atoms with Gasteiger partial charge in [-0.2, -0.15) is 4.31 Å². The number of hydrogen-bond acceptors (Lipinski definition) is 2. The molecule has 0 unspecified atom stereocenters. The molecule has 0 atom stereocenters. The minimum atomic E-state index is -3.43. The van der Waals surface area contributed by atoms with Crippen molar-refractivity contribution in [2.75, 3.05) is 13.1 Å². The van der Waals surface area contributed by atoms with E-state index in [1.807, 2.05) is 24.3 Å². The van der Waals surface area contributed by atoms with Crippen LogP contribution in [0.15, 0.2) is 65.6 Å². The summed E-state index contributed by atoms with van der Waals surface area (Å²) >= 11 is 0. The van der Waals surface area contributed by atoms with E-state index in [0.29, 0.717) is 18.0 Å². The zero-order valence-electron chi connectivity index (χ0n) is 14.1. The monoisotopic (exact) mass is 352 g/mol.